The number of imide groups is 1. The Morgan fingerprint density at radius 2 is 1.75 bits per heavy atom. The number of aliphatic carboxylic acids is 1. The number of carbonyl (C=O) groups is 3. The van der Waals surface area contributed by atoms with Gasteiger partial charge in [0.2, 0.25) is 11.8 Å². The van der Waals surface area contributed by atoms with Gasteiger partial charge in [-0.2, -0.15) is 0 Å². The molecule has 2 amide bonds. The topological polar surface area (TPSA) is 111 Å². The number of hydrogen-bond donors (Lipinski definition) is 2. The Hall–Kier alpha value is -2.59. The smallest absolute Gasteiger partial charge is 0.305 e. The van der Waals surface area contributed by atoms with E-state index in [4.69, 9.17) is 5.11 Å². The van der Waals surface area contributed by atoms with Crippen molar-refractivity contribution in [3.05, 3.63) is 44.4 Å². The van der Waals surface area contributed by atoms with Crippen LogP contribution < -0.4 is 9.77 Å². The van der Waals surface area contributed by atoms with Crippen molar-refractivity contribution < 1.29 is 19.5 Å². The molecule has 2 aromatic rings. The predicted molar refractivity (Wildman–Crippen MR) is 137 cm³/mol. The molecule has 7 atom stereocenters. The predicted octanol–water partition coefficient (Wildman–Crippen LogP) is 3.23. The van der Waals surface area contributed by atoms with Gasteiger partial charge in [0.15, 0.2) is 0 Å². The van der Waals surface area contributed by atoms with E-state index < -0.39 is 5.97 Å². The molecule has 36 heavy (non-hydrogen) atoms. The molecule has 1 aromatic heterocycles. The fourth-order valence-electron chi connectivity index (χ4n) is 7.36. The van der Waals surface area contributed by atoms with Crippen molar-refractivity contribution >= 4 is 46.6 Å². The van der Waals surface area contributed by atoms with Crippen molar-refractivity contribution in [2.75, 3.05) is 24.5 Å². The number of nitrogens with zero attached hydrogens (tertiary/aromatic N) is 2. The maximum atomic E-state index is 13.4. The highest BCUT2D eigenvalue weighted by atomic mass is 32.2. The highest BCUT2D eigenvalue weighted by Crippen LogP contribution is 2.68. The molecule has 4 aliphatic rings. The Morgan fingerprint density at radius 3 is 2.39 bits per heavy atom. The third kappa shape index (κ3) is 3.40. The van der Waals surface area contributed by atoms with Crippen LogP contribution in [0.5, 0.6) is 0 Å². The molecule has 2 saturated carbocycles. The number of carbonyl (C=O) groups excluding carboxylic acids is 2. The zero-order valence-corrected chi connectivity index (χ0v) is 21.8. The van der Waals surface area contributed by atoms with Gasteiger partial charge in [-0.25, -0.2) is 0 Å². The maximum Gasteiger partial charge on any atom is 0.305 e. The molecule has 2 aliphatic heterocycles. The number of aromatic nitrogens is 1. The number of benzene rings is 1. The Labute approximate surface area is 217 Å². The first-order valence-corrected chi connectivity index (χ1v) is 14.3. The quantitative estimate of drug-likeness (QED) is 0.532. The number of thiazole rings is 1. The summed E-state index contributed by atoms with van der Waals surface area (Å²) in [6.07, 6.45) is 0.600. The van der Waals surface area contributed by atoms with Crippen molar-refractivity contribution in [2.45, 2.75) is 42.9 Å². The average molecular weight is 528 g/mol. The Bertz CT molecular complexity index is 1280. The number of carboxylic acids is 1. The van der Waals surface area contributed by atoms with Gasteiger partial charge in [-0.3, -0.25) is 24.1 Å². The van der Waals surface area contributed by atoms with E-state index in [1.54, 1.807) is 11.8 Å². The third-order valence-electron chi connectivity index (χ3n) is 8.75. The fraction of sp³-hybridized carbons (Fsp3) is 0.538. The van der Waals surface area contributed by atoms with Gasteiger partial charge < -0.3 is 15.0 Å². The summed E-state index contributed by atoms with van der Waals surface area (Å²) in [5.74, 6) is -1.94. The minimum absolute atomic E-state index is 0.00660. The summed E-state index contributed by atoms with van der Waals surface area (Å²) >= 11 is 2.92. The summed E-state index contributed by atoms with van der Waals surface area (Å²) < 4.78 is 0. The van der Waals surface area contributed by atoms with Gasteiger partial charge in [-0.05, 0) is 55.7 Å². The molecule has 2 N–H and O–H groups in total. The first-order valence-electron chi connectivity index (χ1n) is 12.7. The largest absolute Gasteiger partial charge is 0.481 e. The first kappa shape index (κ1) is 23.8. The normalized spacial score (nSPS) is 31.9. The van der Waals surface area contributed by atoms with Gasteiger partial charge in [0, 0.05) is 41.4 Å². The molecule has 2 bridgehead atoms. The number of thioether (sulfide) groups is 1. The molecule has 0 radical (unpaired) electrons. The van der Waals surface area contributed by atoms with Crippen LogP contribution in [0, 0.1) is 29.6 Å². The molecule has 6 rings (SSSR count). The Balaban J connectivity index is 1.38. The van der Waals surface area contributed by atoms with Gasteiger partial charge in [-0.15, -0.1) is 11.8 Å². The van der Waals surface area contributed by atoms with E-state index in [2.05, 4.69) is 48.0 Å². The van der Waals surface area contributed by atoms with Gasteiger partial charge in [0.1, 0.15) is 0 Å². The number of amides is 2. The van der Waals surface area contributed by atoms with Crippen LogP contribution in [0.4, 0.5) is 5.69 Å². The van der Waals surface area contributed by atoms with E-state index >= 15 is 0 Å². The molecule has 1 aromatic carbocycles. The number of hydrogen-bond acceptors (Lipinski definition) is 7. The van der Waals surface area contributed by atoms with Crippen LogP contribution >= 0.6 is 23.1 Å². The number of fused-ring (bicyclic) bond motifs is 9. The number of anilines is 1. The van der Waals surface area contributed by atoms with Crippen molar-refractivity contribution in [3.8, 4) is 0 Å². The number of likely N-dealkylation sites (tertiary alicyclic amines) is 1. The minimum atomic E-state index is -1.01. The highest BCUT2D eigenvalue weighted by Gasteiger charge is 2.69. The van der Waals surface area contributed by atoms with E-state index in [-0.39, 0.29) is 70.4 Å². The van der Waals surface area contributed by atoms with Crippen LogP contribution in [0.2, 0.25) is 0 Å². The highest BCUT2D eigenvalue weighted by molar-refractivity contribution is 8.00. The summed E-state index contributed by atoms with van der Waals surface area (Å²) in [6.45, 7) is 6.06. The summed E-state index contributed by atoms with van der Waals surface area (Å²) in [6, 6.07) is 8.59. The maximum absolute atomic E-state index is 13.4. The van der Waals surface area contributed by atoms with Gasteiger partial charge >= 0.3 is 10.8 Å². The molecule has 0 spiro atoms. The molecule has 10 heteroatoms. The average Bonchev–Trinajstić information content (AvgIpc) is 3.58. The summed E-state index contributed by atoms with van der Waals surface area (Å²) in [7, 11) is 0. The molecule has 0 unspecified atom stereocenters. The van der Waals surface area contributed by atoms with E-state index in [0.717, 1.165) is 40.7 Å². The zero-order valence-electron chi connectivity index (χ0n) is 20.2. The van der Waals surface area contributed by atoms with E-state index in [1.165, 1.54) is 16.2 Å². The molecule has 3 fully saturated rings. The molecule has 2 aliphatic carbocycles. The second kappa shape index (κ2) is 8.76. The number of rotatable bonds is 7. The van der Waals surface area contributed by atoms with Crippen molar-refractivity contribution in [1.29, 1.82) is 0 Å². The standard InChI is InChI=1S/C26H29N3O5S2/c1-3-28(4-2)13-7-5-12(6-8-13)17-18-14-11-15(21(18)35-23-22(17)36-26(34)27-23)20-19(14)24(32)29(25(20)33)10-9-16(30)31/h5-8,14-15,17-21H,3-4,9-11H2,1-2H3,(H,27,34)(H,30,31)/t14-,15+,17+,18-,19+,20-,21-/m1/s1. The first-order chi connectivity index (χ1) is 17.3. The molecular formula is C26H29N3O5S2. The fourth-order valence-corrected chi connectivity index (χ4v) is 10.2. The molecule has 8 nitrogen and oxygen atoms in total. The molecular weight excluding hydrogens is 498 g/mol. The lowest BCUT2D eigenvalue weighted by Crippen LogP contribution is -2.42. The van der Waals surface area contributed by atoms with Gasteiger partial charge in [-0.1, -0.05) is 23.5 Å². The van der Waals surface area contributed by atoms with Crippen LogP contribution in [0.25, 0.3) is 0 Å². The summed E-state index contributed by atoms with van der Waals surface area (Å²) in [5.41, 5.74) is 2.30. The lowest BCUT2D eigenvalue weighted by atomic mass is 9.68. The third-order valence-corrected chi connectivity index (χ3v) is 11.3. The number of carboxylic acid groups (broad SMARTS) is 1. The monoisotopic (exact) mass is 527 g/mol. The number of aromatic amines is 1. The van der Waals surface area contributed by atoms with Crippen LogP contribution in [0.1, 0.15) is 43.0 Å². The van der Waals surface area contributed by atoms with Crippen molar-refractivity contribution in [1.82, 2.24) is 9.88 Å². The van der Waals surface area contributed by atoms with Crippen LogP contribution in [-0.2, 0) is 14.4 Å². The molecule has 190 valence electrons. The molecule has 3 heterocycles. The number of H-pyrrole nitrogens is 1. The second-order valence-corrected chi connectivity index (χ2v) is 12.4. The van der Waals surface area contributed by atoms with Crippen LogP contribution in [0.3, 0.4) is 0 Å². The second-order valence-electron chi connectivity index (χ2n) is 10.2. The summed E-state index contributed by atoms with van der Waals surface area (Å²) in [5, 5.41) is 10.1. The minimum Gasteiger partial charge on any atom is -0.481 e. The number of nitrogens with one attached hydrogen (secondary N) is 1. The van der Waals surface area contributed by atoms with Crippen LogP contribution in [0.15, 0.2) is 34.1 Å². The lowest BCUT2D eigenvalue weighted by molar-refractivity contribution is -0.142. The van der Waals surface area contributed by atoms with Gasteiger partial charge in [0.25, 0.3) is 0 Å². The van der Waals surface area contributed by atoms with E-state index in [9.17, 15) is 19.2 Å². The van der Waals surface area contributed by atoms with Crippen molar-refractivity contribution in [2.24, 2.45) is 29.6 Å². The van der Waals surface area contributed by atoms with Crippen molar-refractivity contribution in [3.63, 3.8) is 0 Å². The Morgan fingerprint density at radius 1 is 1.08 bits per heavy atom. The van der Waals surface area contributed by atoms with E-state index in [0.29, 0.717) is 0 Å². The Kier molecular flexibility index (Phi) is 5.79. The van der Waals surface area contributed by atoms with Crippen LogP contribution in [-0.4, -0.2) is 57.7 Å². The lowest BCUT2D eigenvalue weighted by Gasteiger charge is -2.43. The molecule has 1 saturated heterocycles. The SMILES string of the molecule is CCN(CC)c1ccc([C@@H]2c3sc(=O)[nH]c3S[C@@H]3[C@H]4C[C@@H]([C@@H]5C(=O)N(CCC(=O)O)C(=O)[C@H]45)[C@H]23)cc1. The van der Waals surface area contributed by atoms with E-state index in [1.807, 2.05) is 0 Å². The van der Waals surface area contributed by atoms with Gasteiger partial charge in [0.05, 0.1) is 23.3 Å². The zero-order chi connectivity index (χ0) is 25.3. The summed E-state index contributed by atoms with van der Waals surface area (Å²) in [4.78, 5) is 57.7.